The minimum absolute atomic E-state index is 0.0107. The number of likely N-dealkylation sites (tertiary alicyclic amines) is 1. The van der Waals surface area contributed by atoms with E-state index in [2.05, 4.69) is 19.5 Å². The lowest BCUT2D eigenvalue weighted by Gasteiger charge is -2.34. The fourth-order valence-electron chi connectivity index (χ4n) is 3.88. The van der Waals surface area contributed by atoms with E-state index in [-0.39, 0.29) is 25.0 Å². The molecule has 1 amide bonds. The van der Waals surface area contributed by atoms with Crippen molar-refractivity contribution in [1.29, 1.82) is 5.26 Å². The van der Waals surface area contributed by atoms with Crippen LogP contribution in [0.5, 0.6) is 0 Å². The summed E-state index contributed by atoms with van der Waals surface area (Å²) in [5.41, 5.74) is 2.57. The maximum atomic E-state index is 12.2. The molecule has 1 aliphatic heterocycles. The molecule has 0 bridgehead atoms. The van der Waals surface area contributed by atoms with Crippen molar-refractivity contribution in [3.05, 3.63) is 24.3 Å². The van der Waals surface area contributed by atoms with Crippen molar-refractivity contribution in [3.63, 3.8) is 0 Å². The van der Waals surface area contributed by atoms with E-state index in [1.54, 1.807) is 11.1 Å². The minimum atomic E-state index is -0.126. The fourth-order valence-corrected chi connectivity index (χ4v) is 3.88. The SMILES string of the molecule is N#CCC(=O)N1CCCC(n2c(CCO)nc3cnc4[nH]ccc4c32)C1. The van der Waals surface area contributed by atoms with Crippen LogP contribution in [-0.2, 0) is 11.2 Å². The number of nitrogens with one attached hydrogen (secondary N) is 1. The molecular formula is C18H20N6O2. The van der Waals surface area contributed by atoms with Gasteiger partial charge in [-0.2, -0.15) is 5.26 Å². The van der Waals surface area contributed by atoms with Crippen molar-refractivity contribution in [1.82, 2.24) is 24.4 Å². The van der Waals surface area contributed by atoms with Gasteiger partial charge >= 0.3 is 0 Å². The number of piperidine rings is 1. The molecule has 8 nitrogen and oxygen atoms in total. The highest BCUT2D eigenvalue weighted by molar-refractivity contribution is 6.01. The lowest BCUT2D eigenvalue weighted by Crippen LogP contribution is -2.40. The number of hydrogen-bond acceptors (Lipinski definition) is 5. The van der Waals surface area contributed by atoms with E-state index in [1.807, 2.05) is 18.3 Å². The molecule has 26 heavy (non-hydrogen) atoms. The summed E-state index contributed by atoms with van der Waals surface area (Å²) >= 11 is 0. The van der Waals surface area contributed by atoms with Crippen molar-refractivity contribution >= 4 is 28.0 Å². The number of hydrogen-bond donors (Lipinski definition) is 2. The number of aliphatic hydroxyl groups excluding tert-OH is 1. The third-order valence-electron chi connectivity index (χ3n) is 4.99. The molecule has 3 aromatic heterocycles. The molecule has 0 aliphatic carbocycles. The Morgan fingerprint density at radius 1 is 1.50 bits per heavy atom. The topological polar surface area (TPSA) is 111 Å². The van der Waals surface area contributed by atoms with Crippen LogP contribution in [-0.4, -0.2) is 55.1 Å². The molecule has 134 valence electrons. The summed E-state index contributed by atoms with van der Waals surface area (Å²) in [4.78, 5) is 26.2. The quantitative estimate of drug-likeness (QED) is 0.740. The molecule has 2 N–H and O–H groups in total. The molecule has 4 rings (SSSR count). The highest BCUT2D eigenvalue weighted by Gasteiger charge is 2.28. The number of carbonyl (C=O) groups excluding carboxylic acids is 1. The molecule has 1 unspecified atom stereocenters. The molecule has 0 spiro atoms. The van der Waals surface area contributed by atoms with E-state index in [0.29, 0.717) is 19.5 Å². The number of aromatic amines is 1. The summed E-state index contributed by atoms with van der Waals surface area (Å²) in [7, 11) is 0. The first kappa shape index (κ1) is 16.5. The Bertz CT molecular complexity index is 998. The van der Waals surface area contributed by atoms with Gasteiger partial charge in [0.2, 0.25) is 5.91 Å². The molecule has 0 radical (unpaired) electrons. The second kappa shape index (κ2) is 6.77. The predicted octanol–water partition coefficient (Wildman–Crippen LogP) is 1.52. The number of carbonyl (C=O) groups is 1. The number of amides is 1. The van der Waals surface area contributed by atoms with Crippen LogP contribution in [0.15, 0.2) is 18.5 Å². The standard InChI is InChI=1S/C18H20N6O2/c19-6-3-16(26)23-8-1-2-12(11-23)24-15(5-9-25)22-14-10-21-18-13(17(14)24)4-7-20-18/h4,7,10,12,25H,1-3,5,8-9,11H2,(H,20,21). The Morgan fingerprint density at radius 2 is 2.38 bits per heavy atom. The highest BCUT2D eigenvalue weighted by Crippen LogP contribution is 2.31. The van der Waals surface area contributed by atoms with Gasteiger partial charge in [-0.1, -0.05) is 0 Å². The number of nitriles is 1. The largest absolute Gasteiger partial charge is 0.396 e. The van der Waals surface area contributed by atoms with Gasteiger partial charge in [-0.05, 0) is 18.9 Å². The zero-order valence-corrected chi connectivity index (χ0v) is 14.4. The predicted molar refractivity (Wildman–Crippen MR) is 95.3 cm³/mol. The van der Waals surface area contributed by atoms with E-state index in [0.717, 1.165) is 40.7 Å². The summed E-state index contributed by atoms with van der Waals surface area (Å²) in [6.07, 6.45) is 5.75. The van der Waals surface area contributed by atoms with Crippen LogP contribution in [0.4, 0.5) is 0 Å². The molecule has 0 saturated carbocycles. The Hall–Kier alpha value is -2.92. The molecule has 1 aliphatic rings. The normalized spacial score (nSPS) is 17.7. The lowest BCUT2D eigenvalue weighted by molar-refractivity contribution is -0.131. The maximum absolute atomic E-state index is 12.2. The number of nitrogens with zero attached hydrogens (tertiary/aromatic N) is 5. The molecule has 4 heterocycles. The molecule has 8 heteroatoms. The molecule has 3 aromatic rings. The van der Waals surface area contributed by atoms with Gasteiger partial charge in [0.15, 0.2) is 0 Å². The van der Waals surface area contributed by atoms with Gasteiger partial charge in [-0.15, -0.1) is 0 Å². The van der Waals surface area contributed by atoms with Gasteiger partial charge < -0.3 is 19.6 Å². The van der Waals surface area contributed by atoms with Crippen LogP contribution in [0.1, 0.15) is 31.1 Å². The summed E-state index contributed by atoms with van der Waals surface area (Å²) in [5.74, 6) is 0.677. The molecule has 1 fully saturated rings. The van der Waals surface area contributed by atoms with Gasteiger partial charge in [-0.25, -0.2) is 9.97 Å². The van der Waals surface area contributed by atoms with Crippen molar-refractivity contribution < 1.29 is 9.90 Å². The number of imidazole rings is 1. The van der Waals surface area contributed by atoms with Crippen LogP contribution in [0, 0.1) is 11.3 Å². The van der Waals surface area contributed by atoms with E-state index in [1.165, 1.54) is 0 Å². The van der Waals surface area contributed by atoms with E-state index < -0.39 is 0 Å². The zero-order valence-electron chi connectivity index (χ0n) is 14.4. The number of aliphatic hydroxyl groups is 1. The van der Waals surface area contributed by atoms with E-state index >= 15 is 0 Å². The van der Waals surface area contributed by atoms with Gasteiger partial charge in [0.25, 0.3) is 0 Å². The second-order valence-electron chi connectivity index (χ2n) is 6.57. The second-order valence-corrected chi connectivity index (χ2v) is 6.57. The molecule has 1 atom stereocenters. The van der Waals surface area contributed by atoms with Crippen LogP contribution in [0.25, 0.3) is 22.1 Å². The number of aromatic nitrogens is 4. The minimum Gasteiger partial charge on any atom is -0.396 e. The first-order valence-corrected chi connectivity index (χ1v) is 8.81. The molecule has 0 aromatic carbocycles. The third-order valence-corrected chi connectivity index (χ3v) is 4.99. The maximum Gasteiger partial charge on any atom is 0.236 e. The number of H-pyrrole nitrogens is 1. The number of fused-ring (bicyclic) bond motifs is 3. The summed E-state index contributed by atoms with van der Waals surface area (Å²) in [5, 5.41) is 19.3. The van der Waals surface area contributed by atoms with Crippen molar-refractivity contribution in [3.8, 4) is 6.07 Å². The van der Waals surface area contributed by atoms with E-state index in [9.17, 15) is 9.90 Å². The van der Waals surface area contributed by atoms with Gasteiger partial charge in [0.05, 0.1) is 30.4 Å². The van der Waals surface area contributed by atoms with Crippen molar-refractivity contribution in [2.24, 2.45) is 0 Å². The number of rotatable bonds is 4. The summed E-state index contributed by atoms with van der Waals surface area (Å²) in [6, 6.07) is 3.99. The Labute approximate surface area is 150 Å². The lowest BCUT2D eigenvalue weighted by atomic mass is 10.0. The Morgan fingerprint density at radius 3 is 3.19 bits per heavy atom. The zero-order chi connectivity index (χ0) is 18.1. The first-order chi connectivity index (χ1) is 12.7. The smallest absolute Gasteiger partial charge is 0.236 e. The molecule has 1 saturated heterocycles. The summed E-state index contributed by atoms with van der Waals surface area (Å²) < 4.78 is 2.16. The Balaban J connectivity index is 1.81. The van der Waals surface area contributed by atoms with Gasteiger partial charge in [0, 0.05) is 31.1 Å². The van der Waals surface area contributed by atoms with Crippen molar-refractivity contribution in [2.75, 3.05) is 19.7 Å². The van der Waals surface area contributed by atoms with Gasteiger partial charge in [-0.3, -0.25) is 4.79 Å². The fraction of sp³-hybridized carbons (Fsp3) is 0.444. The average Bonchev–Trinajstić information content (AvgIpc) is 3.26. The third kappa shape index (κ3) is 2.70. The Kier molecular flexibility index (Phi) is 4.31. The average molecular weight is 352 g/mol. The van der Waals surface area contributed by atoms with E-state index in [4.69, 9.17) is 5.26 Å². The monoisotopic (exact) mass is 352 g/mol. The van der Waals surface area contributed by atoms with Crippen molar-refractivity contribution in [2.45, 2.75) is 31.7 Å². The number of pyridine rings is 1. The van der Waals surface area contributed by atoms with Crippen LogP contribution in [0.3, 0.4) is 0 Å². The molecular weight excluding hydrogens is 332 g/mol. The van der Waals surface area contributed by atoms with Crippen LogP contribution < -0.4 is 0 Å². The van der Waals surface area contributed by atoms with Crippen LogP contribution in [0.2, 0.25) is 0 Å². The van der Waals surface area contributed by atoms with Crippen LogP contribution >= 0.6 is 0 Å². The highest BCUT2D eigenvalue weighted by atomic mass is 16.3. The summed E-state index contributed by atoms with van der Waals surface area (Å²) in [6.45, 7) is 1.25. The van der Waals surface area contributed by atoms with Gasteiger partial charge in [0.1, 0.15) is 23.4 Å². The first-order valence-electron chi connectivity index (χ1n) is 8.81.